The minimum absolute atomic E-state index is 0.104. The van der Waals surface area contributed by atoms with Gasteiger partial charge in [-0.3, -0.25) is 14.7 Å². The number of hydrogen-bond donors (Lipinski definition) is 0. The average molecular weight is 456 g/mol. The number of halogens is 1. The van der Waals surface area contributed by atoms with Gasteiger partial charge in [0.15, 0.2) is 15.0 Å². The van der Waals surface area contributed by atoms with E-state index in [9.17, 15) is 17.6 Å². The lowest BCUT2D eigenvalue weighted by atomic mass is 10.3. The standard InChI is InChI=1S/C22H18FN3O3S2/c23-18-10-6-11-19-21(18)25-22(30-19)26(15-16-7-4-5-13-24-16)20(27)12-14-31(28,29)17-8-2-1-3-9-17/h1-11,13H,12,14-15H2. The predicted molar refractivity (Wildman–Crippen MR) is 118 cm³/mol. The first-order valence-electron chi connectivity index (χ1n) is 9.47. The van der Waals surface area contributed by atoms with Gasteiger partial charge in [-0.05, 0) is 36.4 Å². The molecule has 0 bridgehead atoms. The third kappa shape index (κ3) is 4.78. The van der Waals surface area contributed by atoms with Gasteiger partial charge in [0.25, 0.3) is 0 Å². The van der Waals surface area contributed by atoms with Crippen LogP contribution in [0, 0.1) is 5.82 Å². The van der Waals surface area contributed by atoms with E-state index >= 15 is 0 Å². The van der Waals surface area contributed by atoms with Crippen molar-refractivity contribution in [3.8, 4) is 0 Å². The van der Waals surface area contributed by atoms with Crippen molar-refractivity contribution < 1.29 is 17.6 Å². The zero-order chi connectivity index (χ0) is 21.8. The molecule has 0 aliphatic carbocycles. The van der Waals surface area contributed by atoms with Crippen molar-refractivity contribution in [1.29, 1.82) is 0 Å². The summed E-state index contributed by atoms with van der Waals surface area (Å²) in [6.45, 7) is 0.104. The van der Waals surface area contributed by atoms with Crippen LogP contribution in [0.5, 0.6) is 0 Å². The summed E-state index contributed by atoms with van der Waals surface area (Å²) in [4.78, 5) is 23.2. The lowest BCUT2D eigenvalue weighted by molar-refractivity contribution is -0.118. The molecule has 0 radical (unpaired) electrons. The van der Waals surface area contributed by atoms with E-state index in [0.29, 0.717) is 15.5 Å². The van der Waals surface area contributed by atoms with Crippen molar-refractivity contribution in [3.63, 3.8) is 0 Å². The molecule has 0 aliphatic rings. The van der Waals surface area contributed by atoms with E-state index in [4.69, 9.17) is 0 Å². The number of rotatable bonds is 7. The SMILES string of the molecule is O=C(CCS(=O)(=O)c1ccccc1)N(Cc1ccccn1)c1nc2c(F)cccc2s1. The van der Waals surface area contributed by atoms with Crippen molar-refractivity contribution in [3.05, 3.63) is 84.4 Å². The first-order valence-corrected chi connectivity index (χ1v) is 11.9. The fraction of sp³-hybridized carbons (Fsp3) is 0.136. The Kier molecular flexibility index (Phi) is 6.06. The first-order chi connectivity index (χ1) is 14.9. The second-order valence-electron chi connectivity index (χ2n) is 6.77. The van der Waals surface area contributed by atoms with Gasteiger partial charge < -0.3 is 0 Å². The number of carbonyl (C=O) groups is 1. The zero-order valence-electron chi connectivity index (χ0n) is 16.3. The zero-order valence-corrected chi connectivity index (χ0v) is 17.9. The third-order valence-corrected chi connectivity index (χ3v) is 7.40. The molecular formula is C22H18FN3O3S2. The molecule has 0 fully saturated rings. The second-order valence-corrected chi connectivity index (χ2v) is 9.88. The van der Waals surface area contributed by atoms with Gasteiger partial charge in [0.1, 0.15) is 11.3 Å². The quantitative estimate of drug-likeness (QED) is 0.417. The number of sulfone groups is 1. The number of para-hydroxylation sites is 1. The first kappa shape index (κ1) is 21.1. The van der Waals surface area contributed by atoms with E-state index in [1.165, 1.54) is 34.4 Å². The fourth-order valence-electron chi connectivity index (χ4n) is 3.04. The van der Waals surface area contributed by atoms with Crippen LogP contribution in [-0.4, -0.2) is 30.0 Å². The van der Waals surface area contributed by atoms with Crippen LogP contribution in [0.2, 0.25) is 0 Å². The summed E-state index contributed by atoms with van der Waals surface area (Å²) in [6.07, 6.45) is 1.37. The minimum Gasteiger partial charge on any atom is -0.282 e. The molecule has 0 spiro atoms. The Morgan fingerprint density at radius 2 is 1.77 bits per heavy atom. The molecule has 2 aromatic heterocycles. The molecule has 4 aromatic rings. The third-order valence-electron chi connectivity index (χ3n) is 4.62. The van der Waals surface area contributed by atoms with Crippen molar-refractivity contribution in [2.24, 2.45) is 0 Å². The maximum Gasteiger partial charge on any atom is 0.230 e. The lowest BCUT2D eigenvalue weighted by Gasteiger charge is -2.19. The Balaban J connectivity index is 1.62. The van der Waals surface area contributed by atoms with E-state index in [1.807, 2.05) is 0 Å². The molecule has 0 saturated heterocycles. The summed E-state index contributed by atoms with van der Waals surface area (Å²) < 4.78 is 39.9. The summed E-state index contributed by atoms with van der Waals surface area (Å²) in [5.74, 6) is -1.24. The van der Waals surface area contributed by atoms with Gasteiger partial charge in [0, 0.05) is 12.6 Å². The fourth-order valence-corrected chi connectivity index (χ4v) is 5.28. The molecule has 0 aliphatic heterocycles. The summed E-state index contributed by atoms with van der Waals surface area (Å²) >= 11 is 1.17. The number of nitrogens with zero attached hydrogens (tertiary/aromatic N) is 3. The average Bonchev–Trinajstić information content (AvgIpc) is 3.23. The predicted octanol–water partition coefficient (Wildman–Crippen LogP) is 4.23. The molecule has 158 valence electrons. The van der Waals surface area contributed by atoms with Crippen LogP contribution in [0.1, 0.15) is 12.1 Å². The molecule has 0 N–H and O–H groups in total. The number of anilines is 1. The van der Waals surface area contributed by atoms with Crippen LogP contribution < -0.4 is 4.90 Å². The minimum atomic E-state index is -3.62. The number of amides is 1. The maximum atomic E-state index is 14.1. The van der Waals surface area contributed by atoms with Gasteiger partial charge in [0.05, 0.1) is 27.6 Å². The van der Waals surface area contributed by atoms with E-state index in [-0.39, 0.29) is 29.1 Å². The summed E-state index contributed by atoms with van der Waals surface area (Å²) in [5, 5.41) is 0.299. The number of fused-ring (bicyclic) bond motifs is 1. The molecule has 0 unspecified atom stereocenters. The van der Waals surface area contributed by atoms with Gasteiger partial charge in [-0.15, -0.1) is 0 Å². The Hall–Kier alpha value is -3.17. The lowest BCUT2D eigenvalue weighted by Crippen LogP contribution is -2.32. The Morgan fingerprint density at radius 1 is 1.00 bits per heavy atom. The van der Waals surface area contributed by atoms with Gasteiger partial charge in [-0.25, -0.2) is 17.8 Å². The van der Waals surface area contributed by atoms with Crippen molar-refractivity contribution in [2.75, 3.05) is 10.7 Å². The smallest absolute Gasteiger partial charge is 0.230 e. The Bertz CT molecular complexity index is 1310. The van der Waals surface area contributed by atoms with E-state index in [0.717, 1.165) is 0 Å². The normalized spacial score (nSPS) is 11.5. The van der Waals surface area contributed by atoms with Crippen LogP contribution in [0.3, 0.4) is 0 Å². The molecular weight excluding hydrogens is 437 g/mol. The molecule has 1 amide bonds. The molecule has 0 atom stereocenters. The molecule has 2 heterocycles. The Labute approximate surface area is 182 Å². The topological polar surface area (TPSA) is 80.2 Å². The molecule has 2 aromatic carbocycles. The van der Waals surface area contributed by atoms with Crippen molar-refractivity contribution in [2.45, 2.75) is 17.9 Å². The molecule has 9 heteroatoms. The number of pyridine rings is 1. The van der Waals surface area contributed by atoms with E-state index in [1.54, 1.807) is 54.7 Å². The van der Waals surface area contributed by atoms with Crippen molar-refractivity contribution >= 4 is 42.4 Å². The van der Waals surface area contributed by atoms with Gasteiger partial charge in [-0.1, -0.05) is 41.7 Å². The van der Waals surface area contributed by atoms with Crippen LogP contribution in [0.4, 0.5) is 9.52 Å². The molecule has 31 heavy (non-hydrogen) atoms. The number of aromatic nitrogens is 2. The number of hydrogen-bond acceptors (Lipinski definition) is 6. The molecule has 4 rings (SSSR count). The second kappa shape index (κ2) is 8.91. The molecule has 6 nitrogen and oxygen atoms in total. The molecule has 0 saturated carbocycles. The van der Waals surface area contributed by atoms with Crippen LogP contribution in [-0.2, 0) is 21.2 Å². The number of thiazole rings is 1. The van der Waals surface area contributed by atoms with E-state index < -0.39 is 21.6 Å². The van der Waals surface area contributed by atoms with Gasteiger partial charge in [-0.2, -0.15) is 0 Å². The highest BCUT2D eigenvalue weighted by Gasteiger charge is 2.24. The monoisotopic (exact) mass is 455 g/mol. The van der Waals surface area contributed by atoms with Crippen LogP contribution in [0.25, 0.3) is 10.2 Å². The number of carbonyl (C=O) groups excluding carboxylic acids is 1. The van der Waals surface area contributed by atoms with E-state index in [2.05, 4.69) is 9.97 Å². The van der Waals surface area contributed by atoms with Crippen LogP contribution in [0.15, 0.2) is 77.8 Å². The van der Waals surface area contributed by atoms with Gasteiger partial charge >= 0.3 is 0 Å². The number of benzene rings is 2. The van der Waals surface area contributed by atoms with Gasteiger partial charge in [0.2, 0.25) is 5.91 Å². The highest BCUT2D eigenvalue weighted by molar-refractivity contribution is 7.91. The summed E-state index contributed by atoms with van der Waals surface area (Å²) in [6, 6.07) is 17.9. The Morgan fingerprint density at radius 3 is 2.48 bits per heavy atom. The summed E-state index contributed by atoms with van der Waals surface area (Å²) in [5.41, 5.74) is 0.791. The van der Waals surface area contributed by atoms with Crippen LogP contribution >= 0.6 is 11.3 Å². The highest BCUT2D eigenvalue weighted by atomic mass is 32.2. The maximum absolute atomic E-state index is 14.1. The largest absolute Gasteiger partial charge is 0.282 e. The van der Waals surface area contributed by atoms with Crippen molar-refractivity contribution in [1.82, 2.24) is 9.97 Å². The highest BCUT2D eigenvalue weighted by Crippen LogP contribution is 2.31. The summed E-state index contributed by atoms with van der Waals surface area (Å²) in [7, 11) is -3.62.